The summed E-state index contributed by atoms with van der Waals surface area (Å²) in [5.74, 6) is 1.93. The predicted molar refractivity (Wildman–Crippen MR) is 124 cm³/mol. The normalized spacial score (nSPS) is 17.5. The Labute approximate surface area is 187 Å². The lowest BCUT2D eigenvalue weighted by Crippen LogP contribution is -2.22. The summed E-state index contributed by atoms with van der Waals surface area (Å²) in [7, 11) is 0. The number of nitrogens with zero attached hydrogens (tertiary/aromatic N) is 4. The molecule has 2 aliphatic rings. The topological polar surface area (TPSA) is 98.5 Å². The van der Waals surface area contributed by atoms with Crippen LogP contribution in [0, 0.1) is 11.3 Å². The molecule has 1 atom stereocenters. The summed E-state index contributed by atoms with van der Waals surface area (Å²) < 4.78 is 0. The largest absolute Gasteiger partial charge is 0.380 e. The van der Waals surface area contributed by atoms with E-state index in [-0.39, 0.29) is 12.4 Å². The summed E-state index contributed by atoms with van der Waals surface area (Å²) in [4.78, 5) is 13.6. The maximum atomic E-state index is 9.14. The highest BCUT2D eigenvalue weighted by atomic mass is 35.5. The molecule has 158 valence electrons. The predicted octanol–water partition coefficient (Wildman–Crippen LogP) is 4.23. The SMILES string of the molecule is Cl.N#Cc1ccnc(Nc2cc(C3CC3)cc(-c3cncc(N[C@@H]4CCNC4)c3)n2)c1. The van der Waals surface area contributed by atoms with Crippen LogP contribution in [0.25, 0.3) is 11.3 Å². The minimum absolute atomic E-state index is 0. The van der Waals surface area contributed by atoms with E-state index < -0.39 is 0 Å². The first-order valence-electron chi connectivity index (χ1n) is 10.3. The van der Waals surface area contributed by atoms with Crippen LogP contribution in [0.4, 0.5) is 17.3 Å². The number of halogens is 1. The van der Waals surface area contributed by atoms with Gasteiger partial charge in [-0.1, -0.05) is 0 Å². The lowest BCUT2D eigenvalue weighted by Gasteiger charge is -2.14. The molecule has 0 amide bonds. The second kappa shape index (κ2) is 9.29. The highest BCUT2D eigenvalue weighted by Crippen LogP contribution is 2.42. The monoisotopic (exact) mass is 433 g/mol. The van der Waals surface area contributed by atoms with Crippen LogP contribution in [0.3, 0.4) is 0 Å². The fourth-order valence-electron chi connectivity index (χ4n) is 3.79. The van der Waals surface area contributed by atoms with Crippen molar-refractivity contribution in [1.29, 1.82) is 5.26 Å². The maximum absolute atomic E-state index is 9.14. The Bertz CT molecular complexity index is 1100. The fraction of sp³-hybridized carbons (Fsp3) is 0.304. The fourth-order valence-corrected chi connectivity index (χ4v) is 3.79. The molecule has 1 aliphatic carbocycles. The molecule has 31 heavy (non-hydrogen) atoms. The third-order valence-corrected chi connectivity index (χ3v) is 5.51. The van der Waals surface area contributed by atoms with Crippen LogP contribution in [-0.4, -0.2) is 34.1 Å². The molecule has 1 aliphatic heterocycles. The summed E-state index contributed by atoms with van der Waals surface area (Å²) in [6.07, 6.45) is 8.88. The van der Waals surface area contributed by atoms with E-state index in [0.29, 0.717) is 23.3 Å². The van der Waals surface area contributed by atoms with Gasteiger partial charge in [0.2, 0.25) is 0 Å². The Morgan fingerprint density at radius 2 is 1.97 bits per heavy atom. The second-order valence-corrected chi connectivity index (χ2v) is 7.91. The minimum Gasteiger partial charge on any atom is -0.380 e. The van der Waals surface area contributed by atoms with Crippen molar-refractivity contribution in [3.8, 4) is 17.3 Å². The highest BCUT2D eigenvalue weighted by molar-refractivity contribution is 5.85. The summed E-state index contributed by atoms with van der Waals surface area (Å²) in [6, 6.07) is 12.4. The van der Waals surface area contributed by atoms with Gasteiger partial charge in [-0.05, 0) is 67.6 Å². The van der Waals surface area contributed by atoms with E-state index in [9.17, 15) is 0 Å². The van der Waals surface area contributed by atoms with Crippen molar-refractivity contribution in [3.05, 3.63) is 60.0 Å². The molecule has 2 fully saturated rings. The number of nitrogens with one attached hydrogen (secondary N) is 3. The van der Waals surface area contributed by atoms with Gasteiger partial charge in [0, 0.05) is 36.7 Å². The minimum atomic E-state index is 0. The molecule has 8 heteroatoms. The molecule has 7 nitrogen and oxygen atoms in total. The van der Waals surface area contributed by atoms with Crippen LogP contribution in [0.1, 0.15) is 36.3 Å². The molecule has 3 N–H and O–H groups in total. The highest BCUT2D eigenvalue weighted by Gasteiger charge is 2.25. The van der Waals surface area contributed by atoms with Gasteiger partial charge in [0.25, 0.3) is 0 Å². The lowest BCUT2D eigenvalue weighted by atomic mass is 10.1. The number of anilines is 3. The lowest BCUT2D eigenvalue weighted by molar-refractivity contribution is 0.792. The van der Waals surface area contributed by atoms with Gasteiger partial charge in [-0.15, -0.1) is 12.4 Å². The zero-order valence-corrected chi connectivity index (χ0v) is 17.8. The van der Waals surface area contributed by atoms with E-state index in [1.807, 2.05) is 12.4 Å². The smallest absolute Gasteiger partial charge is 0.132 e. The molecule has 0 spiro atoms. The average molecular weight is 434 g/mol. The van der Waals surface area contributed by atoms with Crippen molar-refractivity contribution in [3.63, 3.8) is 0 Å². The van der Waals surface area contributed by atoms with Crippen molar-refractivity contribution < 1.29 is 0 Å². The van der Waals surface area contributed by atoms with Gasteiger partial charge in [0.1, 0.15) is 11.6 Å². The molecule has 3 aromatic rings. The van der Waals surface area contributed by atoms with Crippen LogP contribution < -0.4 is 16.0 Å². The quantitative estimate of drug-likeness (QED) is 0.535. The molecule has 0 aromatic carbocycles. The molecule has 5 rings (SSSR count). The number of pyridine rings is 3. The molecule has 0 unspecified atom stereocenters. The van der Waals surface area contributed by atoms with E-state index in [4.69, 9.17) is 10.2 Å². The number of hydrogen-bond donors (Lipinski definition) is 3. The van der Waals surface area contributed by atoms with E-state index in [0.717, 1.165) is 42.3 Å². The zero-order valence-electron chi connectivity index (χ0n) is 17.0. The third kappa shape index (κ3) is 5.10. The molecular weight excluding hydrogens is 410 g/mol. The van der Waals surface area contributed by atoms with Crippen LogP contribution >= 0.6 is 12.4 Å². The molecule has 3 aromatic heterocycles. The van der Waals surface area contributed by atoms with Crippen LogP contribution in [0.5, 0.6) is 0 Å². The second-order valence-electron chi connectivity index (χ2n) is 7.91. The van der Waals surface area contributed by atoms with Crippen LogP contribution in [0.15, 0.2) is 48.9 Å². The van der Waals surface area contributed by atoms with Gasteiger partial charge in [-0.25, -0.2) is 9.97 Å². The van der Waals surface area contributed by atoms with Gasteiger partial charge in [0.15, 0.2) is 0 Å². The standard InChI is InChI=1S/C23H23N7.ClH/c24-11-15-3-6-27-22(7-15)30-23-10-17(16-1-2-16)9-21(29-23)18-8-20(14-26-12-18)28-19-4-5-25-13-19;/h3,6-10,12,14,16,19,25,28H,1-2,4-5,13H2,(H,27,29,30);1H/t19-;/m1./s1. The van der Waals surface area contributed by atoms with E-state index >= 15 is 0 Å². The summed E-state index contributed by atoms with van der Waals surface area (Å²) >= 11 is 0. The van der Waals surface area contributed by atoms with Gasteiger partial charge in [0.05, 0.1) is 23.0 Å². The summed E-state index contributed by atoms with van der Waals surface area (Å²) in [5, 5.41) is 19.3. The molecule has 1 saturated heterocycles. The maximum Gasteiger partial charge on any atom is 0.132 e. The van der Waals surface area contributed by atoms with Gasteiger partial charge in [-0.3, -0.25) is 4.98 Å². The van der Waals surface area contributed by atoms with Crippen LogP contribution in [-0.2, 0) is 0 Å². The summed E-state index contributed by atoms with van der Waals surface area (Å²) in [5.41, 5.74) is 4.72. The van der Waals surface area contributed by atoms with Crippen molar-refractivity contribution >= 4 is 29.7 Å². The van der Waals surface area contributed by atoms with Crippen molar-refractivity contribution in [2.45, 2.75) is 31.2 Å². The summed E-state index contributed by atoms with van der Waals surface area (Å²) in [6.45, 7) is 2.02. The molecule has 1 saturated carbocycles. The van der Waals surface area contributed by atoms with E-state index in [2.05, 4.69) is 50.2 Å². The van der Waals surface area contributed by atoms with Crippen molar-refractivity contribution in [2.75, 3.05) is 23.7 Å². The molecular formula is C23H24ClN7. The zero-order chi connectivity index (χ0) is 20.3. The van der Waals surface area contributed by atoms with Gasteiger partial charge >= 0.3 is 0 Å². The first-order valence-corrected chi connectivity index (χ1v) is 10.3. The Morgan fingerprint density at radius 1 is 1.06 bits per heavy atom. The molecule has 0 bridgehead atoms. The number of nitriles is 1. The average Bonchev–Trinajstić information content (AvgIpc) is 3.51. The third-order valence-electron chi connectivity index (χ3n) is 5.51. The van der Waals surface area contributed by atoms with E-state index in [1.165, 1.54) is 18.4 Å². The first-order chi connectivity index (χ1) is 14.8. The van der Waals surface area contributed by atoms with Gasteiger partial charge in [-0.2, -0.15) is 5.26 Å². The first kappa shape index (κ1) is 21.0. The Balaban J connectivity index is 0.00000231. The number of hydrogen-bond acceptors (Lipinski definition) is 7. The Morgan fingerprint density at radius 3 is 2.74 bits per heavy atom. The van der Waals surface area contributed by atoms with Crippen LogP contribution in [0.2, 0.25) is 0 Å². The Hall–Kier alpha value is -3.21. The van der Waals surface area contributed by atoms with Crippen molar-refractivity contribution in [1.82, 2.24) is 20.3 Å². The number of rotatable bonds is 6. The molecule has 0 radical (unpaired) electrons. The van der Waals surface area contributed by atoms with Gasteiger partial charge < -0.3 is 16.0 Å². The Kier molecular flexibility index (Phi) is 6.31. The molecule has 4 heterocycles. The van der Waals surface area contributed by atoms with Crippen molar-refractivity contribution in [2.24, 2.45) is 0 Å². The van der Waals surface area contributed by atoms with E-state index in [1.54, 1.807) is 18.3 Å². The number of aromatic nitrogens is 3.